The smallest absolute Gasteiger partial charge is 0.166 e. The summed E-state index contributed by atoms with van der Waals surface area (Å²) < 4.78 is 28.7. The Morgan fingerprint density at radius 2 is 1.43 bits per heavy atom. The highest BCUT2D eigenvalue weighted by Crippen LogP contribution is 2.37. The molecule has 0 aromatic heterocycles. The van der Waals surface area contributed by atoms with Gasteiger partial charge in [0.1, 0.15) is 0 Å². The van der Waals surface area contributed by atoms with Gasteiger partial charge in [0, 0.05) is 5.39 Å². The first-order valence-electron chi connectivity index (χ1n) is 11.6. The zero-order valence-electron chi connectivity index (χ0n) is 18.2. The second-order valence-electron chi connectivity index (χ2n) is 8.94. The van der Waals surface area contributed by atoms with Crippen molar-refractivity contribution < 1.29 is 8.78 Å². The lowest BCUT2D eigenvalue weighted by atomic mass is 9.78. The highest BCUT2D eigenvalue weighted by molar-refractivity contribution is 5.84. The van der Waals surface area contributed by atoms with Gasteiger partial charge in [-0.25, -0.2) is 8.78 Å². The first-order valence-corrected chi connectivity index (χ1v) is 11.6. The Morgan fingerprint density at radius 3 is 2.10 bits per heavy atom. The second kappa shape index (κ2) is 9.29. The largest absolute Gasteiger partial charge is 0.203 e. The van der Waals surface area contributed by atoms with E-state index in [9.17, 15) is 8.78 Å². The van der Waals surface area contributed by atoms with E-state index in [4.69, 9.17) is 0 Å². The van der Waals surface area contributed by atoms with Crippen LogP contribution in [0.25, 0.3) is 10.8 Å². The van der Waals surface area contributed by atoms with Crippen molar-refractivity contribution in [1.29, 1.82) is 0 Å². The number of rotatable bonds is 6. The molecular weight excluding hydrogens is 374 g/mol. The Kier molecular flexibility index (Phi) is 6.51. The third-order valence-corrected chi connectivity index (χ3v) is 7.12. The van der Waals surface area contributed by atoms with Gasteiger partial charge in [-0.3, -0.25) is 0 Å². The maximum absolute atomic E-state index is 14.5. The lowest BCUT2D eigenvalue weighted by molar-refractivity contribution is 0.319. The van der Waals surface area contributed by atoms with Gasteiger partial charge < -0.3 is 0 Å². The third kappa shape index (κ3) is 4.43. The molecule has 0 aliphatic heterocycles. The zero-order chi connectivity index (χ0) is 21.1. The molecule has 1 fully saturated rings. The van der Waals surface area contributed by atoms with Crippen molar-refractivity contribution in [3.05, 3.63) is 82.4 Å². The fourth-order valence-corrected chi connectivity index (χ4v) is 4.99. The van der Waals surface area contributed by atoms with Crippen LogP contribution in [0.3, 0.4) is 0 Å². The molecule has 0 atom stereocenters. The van der Waals surface area contributed by atoms with E-state index < -0.39 is 11.6 Å². The summed E-state index contributed by atoms with van der Waals surface area (Å²) in [5.74, 6) is 0.224. The van der Waals surface area contributed by atoms with Crippen molar-refractivity contribution in [2.45, 2.75) is 71.1 Å². The highest BCUT2D eigenvalue weighted by atomic mass is 19.2. The number of fused-ring (bicyclic) bond motifs is 1. The second-order valence-corrected chi connectivity index (χ2v) is 8.94. The van der Waals surface area contributed by atoms with Crippen LogP contribution in [0.4, 0.5) is 8.78 Å². The van der Waals surface area contributed by atoms with Crippen LogP contribution < -0.4 is 0 Å². The summed E-state index contributed by atoms with van der Waals surface area (Å²) in [5.41, 5.74) is 4.26. The molecule has 4 rings (SSSR count). The number of halogens is 2. The molecule has 0 N–H and O–H groups in total. The summed E-state index contributed by atoms with van der Waals surface area (Å²) in [5, 5.41) is 1.16. The van der Waals surface area contributed by atoms with E-state index >= 15 is 0 Å². The Balaban J connectivity index is 1.42. The molecular formula is C28H32F2. The van der Waals surface area contributed by atoms with Crippen LogP contribution in [0.5, 0.6) is 0 Å². The monoisotopic (exact) mass is 406 g/mol. The molecule has 0 spiro atoms. The predicted octanol–water partition coefficient (Wildman–Crippen LogP) is 8.15. The molecule has 3 aromatic carbocycles. The topological polar surface area (TPSA) is 0 Å². The quantitative estimate of drug-likeness (QED) is 0.387. The number of hydrogen-bond acceptors (Lipinski definition) is 0. The number of benzene rings is 3. The van der Waals surface area contributed by atoms with Crippen molar-refractivity contribution in [3.8, 4) is 0 Å². The summed E-state index contributed by atoms with van der Waals surface area (Å²) in [6, 6.07) is 16.6. The van der Waals surface area contributed by atoms with Crippen molar-refractivity contribution >= 4 is 10.8 Å². The van der Waals surface area contributed by atoms with Gasteiger partial charge in [-0.1, -0.05) is 56.7 Å². The van der Waals surface area contributed by atoms with Gasteiger partial charge in [0.15, 0.2) is 11.6 Å². The molecule has 0 unspecified atom stereocenters. The minimum atomic E-state index is -0.714. The van der Waals surface area contributed by atoms with Crippen molar-refractivity contribution in [2.75, 3.05) is 0 Å². The van der Waals surface area contributed by atoms with Crippen LogP contribution in [0.2, 0.25) is 0 Å². The Labute approximate surface area is 179 Å². The van der Waals surface area contributed by atoms with Crippen LogP contribution >= 0.6 is 0 Å². The minimum Gasteiger partial charge on any atom is -0.203 e. The van der Waals surface area contributed by atoms with E-state index in [0.717, 1.165) is 29.7 Å². The summed E-state index contributed by atoms with van der Waals surface area (Å²) in [4.78, 5) is 0. The highest BCUT2D eigenvalue weighted by Gasteiger charge is 2.21. The van der Waals surface area contributed by atoms with Crippen molar-refractivity contribution in [1.82, 2.24) is 0 Å². The summed E-state index contributed by atoms with van der Waals surface area (Å²) >= 11 is 0. The van der Waals surface area contributed by atoms with Gasteiger partial charge in [-0.05, 0) is 96.6 Å². The van der Waals surface area contributed by atoms with Gasteiger partial charge in [0.2, 0.25) is 0 Å². The molecule has 1 aliphatic rings. The molecule has 2 heteroatoms. The zero-order valence-corrected chi connectivity index (χ0v) is 18.2. The van der Waals surface area contributed by atoms with E-state index in [0.29, 0.717) is 23.3 Å². The summed E-state index contributed by atoms with van der Waals surface area (Å²) in [6.45, 7) is 4.15. The van der Waals surface area contributed by atoms with E-state index in [2.05, 4.69) is 31.2 Å². The van der Waals surface area contributed by atoms with Crippen LogP contribution in [0.1, 0.15) is 74.1 Å². The Hall–Kier alpha value is -2.22. The van der Waals surface area contributed by atoms with E-state index in [-0.39, 0.29) is 0 Å². The molecule has 3 aromatic rings. The van der Waals surface area contributed by atoms with Crippen LogP contribution in [-0.4, -0.2) is 0 Å². The lowest BCUT2D eigenvalue weighted by Crippen LogP contribution is -2.12. The maximum Gasteiger partial charge on any atom is 0.166 e. The average Bonchev–Trinajstić information content (AvgIpc) is 2.80. The molecule has 0 heterocycles. The van der Waals surface area contributed by atoms with Gasteiger partial charge >= 0.3 is 0 Å². The molecule has 1 aliphatic carbocycles. The SMILES string of the molecule is CCc1cc2ccc(CCc3ccc(C4CCC(CC)CC4)cc3)cc2c(F)c1F. The summed E-state index contributed by atoms with van der Waals surface area (Å²) in [6.07, 6.45) is 8.91. The molecule has 158 valence electrons. The normalized spacial score (nSPS) is 19.3. The number of hydrogen-bond donors (Lipinski definition) is 0. The predicted molar refractivity (Wildman–Crippen MR) is 122 cm³/mol. The van der Waals surface area contributed by atoms with Gasteiger partial charge in [-0.15, -0.1) is 0 Å². The maximum atomic E-state index is 14.5. The molecule has 0 nitrogen and oxygen atoms in total. The molecule has 30 heavy (non-hydrogen) atoms. The van der Waals surface area contributed by atoms with E-state index in [1.54, 1.807) is 6.07 Å². The first kappa shape index (κ1) is 21.0. The third-order valence-electron chi connectivity index (χ3n) is 7.12. The Morgan fingerprint density at radius 1 is 0.767 bits per heavy atom. The van der Waals surface area contributed by atoms with Crippen molar-refractivity contribution in [2.24, 2.45) is 5.92 Å². The Bertz CT molecular complexity index is 995. The van der Waals surface area contributed by atoms with Gasteiger partial charge in [-0.2, -0.15) is 0 Å². The van der Waals surface area contributed by atoms with E-state index in [1.807, 2.05) is 25.1 Å². The van der Waals surface area contributed by atoms with Gasteiger partial charge in [0.25, 0.3) is 0 Å². The van der Waals surface area contributed by atoms with Crippen LogP contribution in [0, 0.1) is 17.6 Å². The standard InChI is InChI=1S/C28H32F2/c1-3-19-7-12-23(13-8-19)24-14-9-20(10-15-24)5-6-21-11-16-25-18-22(4-2)27(29)28(30)26(25)17-21/h9-11,14-19,23H,3-8,12-13H2,1-2H3. The van der Waals surface area contributed by atoms with Crippen LogP contribution in [-0.2, 0) is 19.3 Å². The molecule has 0 bridgehead atoms. The molecule has 0 saturated heterocycles. The van der Waals surface area contributed by atoms with Gasteiger partial charge in [0.05, 0.1) is 0 Å². The molecule has 1 saturated carbocycles. The fraction of sp³-hybridized carbons (Fsp3) is 0.429. The molecule has 0 amide bonds. The van der Waals surface area contributed by atoms with Crippen molar-refractivity contribution in [3.63, 3.8) is 0 Å². The fourth-order valence-electron chi connectivity index (χ4n) is 4.99. The number of aryl methyl sites for hydroxylation is 3. The molecule has 0 radical (unpaired) electrons. The summed E-state index contributed by atoms with van der Waals surface area (Å²) in [7, 11) is 0. The lowest BCUT2D eigenvalue weighted by Gasteiger charge is -2.28. The van der Waals surface area contributed by atoms with Crippen LogP contribution in [0.15, 0.2) is 48.5 Å². The van der Waals surface area contributed by atoms with E-state index in [1.165, 1.54) is 43.2 Å². The average molecular weight is 407 g/mol. The minimum absolute atomic E-state index is 0.389. The first-order chi connectivity index (χ1) is 14.6.